The fourth-order valence-corrected chi connectivity index (χ4v) is 4.16. The van der Waals surface area contributed by atoms with Gasteiger partial charge < -0.3 is 9.30 Å². The van der Waals surface area contributed by atoms with E-state index in [0.717, 1.165) is 22.6 Å². The van der Waals surface area contributed by atoms with Crippen molar-refractivity contribution in [3.8, 4) is 11.4 Å². The van der Waals surface area contributed by atoms with Gasteiger partial charge in [0.2, 0.25) is 10.0 Å². The maximum absolute atomic E-state index is 12.9. The van der Waals surface area contributed by atoms with Crippen LogP contribution < -0.4 is 9.46 Å². The number of nitrogens with zero attached hydrogens (tertiary/aromatic N) is 2. The lowest BCUT2D eigenvalue weighted by Gasteiger charge is -2.15. The minimum absolute atomic E-state index is 0.148. The van der Waals surface area contributed by atoms with E-state index in [1.807, 2.05) is 55.8 Å². The Morgan fingerprint density at radius 2 is 1.93 bits per heavy atom. The normalized spacial score (nSPS) is 11.8. The molecule has 6 nitrogen and oxygen atoms in total. The molecule has 0 radical (unpaired) electrons. The van der Waals surface area contributed by atoms with Crippen molar-refractivity contribution in [2.75, 3.05) is 7.11 Å². The van der Waals surface area contributed by atoms with E-state index < -0.39 is 10.0 Å². The molecule has 3 aromatic rings. The highest BCUT2D eigenvalue weighted by Gasteiger charge is 2.18. The number of hydrogen-bond donors (Lipinski definition) is 1. The van der Waals surface area contributed by atoms with Crippen molar-refractivity contribution in [1.82, 2.24) is 14.3 Å². The summed E-state index contributed by atoms with van der Waals surface area (Å²) in [5.74, 6) is 1.68. The summed E-state index contributed by atoms with van der Waals surface area (Å²) in [4.78, 5) is 4.48. The Labute approximate surface area is 166 Å². The summed E-state index contributed by atoms with van der Waals surface area (Å²) < 4.78 is 35.7. The zero-order chi connectivity index (χ0) is 20.3. The molecule has 0 aliphatic rings. The summed E-state index contributed by atoms with van der Waals surface area (Å²) in [6, 6.07) is 12.6. The van der Waals surface area contributed by atoms with Gasteiger partial charge >= 0.3 is 0 Å². The van der Waals surface area contributed by atoms with Gasteiger partial charge in [-0.1, -0.05) is 32.0 Å². The number of ether oxygens (including phenoxy) is 1. The smallest absolute Gasteiger partial charge is 0.240 e. The molecule has 0 aliphatic carbocycles. The van der Waals surface area contributed by atoms with Crippen LogP contribution in [0.4, 0.5) is 0 Å². The van der Waals surface area contributed by atoms with E-state index in [1.54, 1.807) is 31.5 Å². The Morgan fingerprint density at radius 3 is 2.57 bits per heavy atom. The maximum atomic E-state index is 12.9. The summed E-state index contributed by atoms with van der Waals surface area (Å²) >= 11 is 0. The molecule has 0 amide bonds. The SMILES string of the molecule is COc1ccc(S(=O)(=O)NCc2ccccc2-n2ccnc2C)cc1C(C)C. The zero-order valence-corrected chi connectivity index (χ0v) is 17.3. The van der Waals surface area contributed by atoms with E-state index in [1.165, 1.54) is 0 Å². The summed E-state index contributed by atoms with van der Waals surface area (Å²) in [7, 11) is -2.08. The van der Waals surface area contributed by atoms with Gasteiger partial charge in [0.25, 0.3) is 0 Å². The molecule has 28 heavy (non-hydrogen) atoms. The first-order chi connectivity index (χ1) is 13.3. The number of nitrogens with one attached hydrogen (secondary N) is 1. The molecule has 0 unspecified atom stereocenters. The third-order valence-electron chi connectivity index (χ3n) is 4.66. The average molecular weight is 400 g/mol. The van der Waals surface area contributed by atoms with Crippen LogP contribution in [-0.4, -0.2) is 25.1 Å². The lowest BCUT2D eigenvalue weighted by molar-refractivity contribution is 0.407. The Morgan fingerprint density at radius 1 is 1.18 bits per heavy atom. The number of sulfonamides is 1. The molecule has 1 aromatic heterocycles. The number of aromatic nitrogens is 2. The third kappa shape index (κ3) is 4.10. The molecular formula is C21H25N3O3S. The minimum Gasteiger partial charge on any atom is -0.496 e. The van der Waals surface area contributed by atoms with Crippen LogP contribution in [0.25, 0.3) is 5.69 Å². The van der Waals surface area contributed by atoms with Gasteiger partial charge in [0.05, 0.1) is 17.7 Å². The van der Waals surface area contributed by atoms with Gasteiger partial charge in [0.15, 0.2) is 0 Å². The van der Waals surface area contributed by atoms with Gasteiger partial charge in [-0.15, -0.1) is 0 Å². The number of para-hydroxylation sites is 1. The number of methoxy groups -OCH3 is 1. The van der Waals surface area contributed by atoms with Crippen molar-refractivity contribution < 1.29 is 13.2 Å². The fourth-order valence-electron chi connectivity index (χ4n) is 3.11. The Hall–Kier alpha value is -2.64. The van der Waals surface area contributed by atoms with Crippen LogP contribution in [0.1, 0.15) is 36.7 Å². The summed E-state index contributed by atoms with van der Waals surface area (Å²) in [5, 5.41) is 0. The molecule has 0 saturated carbocycles. The van der Waals surface area contributed by atoms with Gasteiger partial charge in [-0.3, -0.25) is 0 Å². The van der Waals surface area contributed by atoms with Crippen LogP contribution in [0.3, 0.4) is 0 Å². The van der Waals surface area contributed by atoms with Gasteiger partial charge in [-0.2, -0.15) is 0 Å². The standard InChI is InChI=1S/C21H25N3O3S/c1-15(2)19-13-18(9-10-21(19)27-4)28(25,26)23-14-17-7-5-6-8-20(17)24-12-11-22-16(24)3/h5-13,15,23H,14H2,1-4H3. The highest BCUT2D eigenvalue weighted by atomic mass is 32.2. The number of rotatable bonds is 7. The van der Waals surface area contributed by atoms with Crippen molar-refractivity contribution in [3.05, 3.63) is 71.8 Å². The van der Waals surface area contributed by atoms with Crippen molar-refractivity contribution in [2.24, 2.45) is 0 Å². The van der Waals surface area contributed by atoms with Crippen LogP contribution in [0.5, 0.6) is 5.75 Å². The summed E-state index contributed by atoms with van der Waals surface area (Å²) in [5.41, 5.74) is 2.63. The number of hydrogen-bond acceptors (Lipinski definition) is 4. The predicted molar refractivity (Wildman–Crippen MR) is 109 cm³/mol. The lowest BCUT2D eigenvalue weighted by atomic mass is 10.0. The minimum atomic E-state index is -3.67. The molecular weight excluding hydrogens is 374 g/mol. The molecule has 1 N–H and O–H groups in total. The van der Waals surface area contributed by atoms with E-state index >= 15 is 0 Å². The van der Waals surface area contributed by atoms with Crippen molar-refractivity contribution in [3.63, 3.8) is 0 Å². The lowest BCUT2D eigenvalue weighted by Crippen LogP contribution is -2.24. The molecule has 0 fully saturated rings. The quantitative estimate of drug-likeness (QED) is 0.656. The van der Waals surface area contributed by atoms with Crippen LogP contribution >= 0.6 is 0 Å². The van der Waals surface area contributed by atoms with E-state index in [2.05, 4.69) is 9.71 Å². The summed E-state index contributed by atoms with van der Waals surface area (Å²) in [6.07, 6.45) is 3.59. The molecule has 0 spiro atoms. The topological polar surface area (TPSA) is 73.2 Å². The van der Waals surface area contributed by atoms with E-state index in [-0.39, 0.29) is 17.4 Å². The Kier molecular flexibility index (Phi) is 5.86. The molecule has 0 bridgehead atoms. The predicted octanol–water partition coefficient (Wildman–Crippen LogP) is 3.79. The number of aryl methyl sites for hydroxylation is 1. The van der Waals surface area contributed by atoms with Crippen LogP contribution in [0.15, 0.2) is 59.8 Å². The fraction of sp³-hybridized carbons (Fsp3) is 0.286. The van der Waals surface area contributed by atoms with Crippen LogP contribution in [0.2, 0.25) is 0 Å². The Bertz CT molecular complexity index is 1070. The van der Waals surface area contributed by atoms with Crippen molar-refractivity contribution >= 4 is 10.0 Å². The zero-order valence-electron chi connectivity index (χ0n) is 16.5. The first kappa shape index (κ1) is 20.1. The van der Waals surface area contributed by atoms with Crippen molar-refractivity contribution in [2.45, 2.75) is 38.1 Å². The molecule has 2 aromatic carbocycles. The summed E-state index contributed by atoms with van der Waals surface area (Å²) in [6.45, 7) is 6.10. The first-order valence-electron chi connectivity index (χ1n) is 9.09. The van der Waals surface area contributed by atoms with Gasteiger partial charge in [0, 0.05) is 18.9 Å². The highest BCUT2D eigenvalue weighted by molar-refractivity contribution is 7.89. The molecule has 1 heterocycles. The van der Waals surface area contributed by atoms with Crippen molar-refractivity contribution in [1.29, 1.82) is 0 Å². The largest absolute Gasteiger partial charge is 0.496 e. The number of imidazole rings is 1. The van der Waals surface area contributed by atoms with E-state index in [4.69, 9.17) is 4.74 Å². The molecule has 148 valence electrons. The van der Waals surface area contributed by atoms with E-state index in [0.29, 0.717) is 5.75 Å². The van der Waals surface area contributed by atoms with Gasteiger partial charge in [0.1, 0.15) is 11.6 Å². The first-order valence-corrected chi connectivity index (χ1v) is 10.6. The van der Waals surface area contributed by atoms with Gasteiger partial charge in [-0.25, -0.2) is 18.1 Å². The molecule has 0 atom stereocenters. The maximum Gasteiger partial charge on any atom is 0.240 e. The van der Waals surface area contributed by atoms with E-state index in [9.17, 15) is 8.42 Å². The van der Waals surface area contributed by atoms with Crippen LogP contribution in [0, 0.1) is 6.92 Å². The molecule has 0 aliphatic heterocycles. The Balaban J connectivity index is 1.88. The second kappa shape index (κ2) is 8.16. The second-order valence-corrected chi connectivity index (χ2v) is 8.62. The highest BCUT2D eigenvalue weighted by Crippen LogP contribution is 2.29. The number of benzene rings is 2. The average Bonchev–Trinajstić information content (AvgIpc) is 3.11. The monoisotopic (exact) mass is 399 g/mol. The molecule has 0 saturated heterocycles. The molecule has 3 rings (SSSR count). The van der Waals surface area contributed by atoms with Crippen LogP contribution in [-0.2, 0) is 16.6 Å². The van der Waals surface area contributed by atoms with Gasteiger partial charge in [-0.05, 0) is 48.2 Å². The second-order valence-electron chi connectivity index (χ2n) is 6.86. The third-order valence-corrected chi connectivity index (χ3v) is 6.06. The molecule has 7 heteroatoms.